The molecule has 1 aliphatic rings. The van der Waals surface area contributed by atoms with Gasteiger partial charge in [0.05, 0.1) is 12.5 Å². The minimum absolute atomic E-state index is 0.0299. The summed E-state index contributed by atoms with van der Waals surface area (Å²) in [6.07, 6.45) is 2.49. The zero-order valence-corrected chi connectivity index (χ0v) is 22.0. The number of aliphatic hydroxyl groups is 2. The maximum Gasteiger partial charge on any atom is 0.349 e. The predicted octanol–water partition coefficient (Wildman–Crippen LogP) is 7.20. The highest BCUT2D eigenvalue weighted by Gasteiger charge is 2.43. The Hall–Kier alpha value is -3.02. The molecule has 0 fully saturated rings. The van der Waals surface area contributed by atoms with Gasteiger partial charge >= 0.3 is 5.97 Å². The van der Waals surface area contributed by atoms with Gasteiger partial charge in [0.15, 0.2) is 0 Å². The molecule has 0 spiro atoms. The van der Waals surface area contributed by atoms with Crippen molar-refractivity contribution in [3.8, 4) is 0 Å². The van der Waals surface area contributed by atoms with Crippen molar-refractivity contribution in [1.29, 1.82) is 0 Å². The van der Waals surface area contributed by atoms with E-state index in [1.807, 2.05) is 60.7 Å². The lowest BCUT2D eigenvalue weighted by molar-refractivity contribution is -0.160. The summed E-state index contributed by atoms with van der Waals surface area (Å²) in [5.41, 5.74) is 4.19. The number of benzene rings is 3. The lowest BCUT2D eigenvalue weighted by Crippen LogP contribution is -2.38. The van der Waals surface area contributed by atoms with Gasteiger partial charge in [-0.2, -0.15) is 0 Å². The van der Waals surface area contributed by atoms with Crippen LogP contribution in [0.3, 0.4) is 0 Å². The summed E-state index contributed by atoms with van der Waals surface area (Å²) in [6, 6.07) is 23.8. The van der Waals surface area contributed by atoms with E-state index in [1.165, 1.54) is 22.9 Å². The van der Waals surface area contributed by atoms with E-state index in [0.717, 1.165) is 34.4 Å². The number of hydrogen-bond acceptors (Lipinski definition) is 5. The van der Waals surface area contributed by atoms with Gasteiger partial charge in [-0.05, 0) is 66.5 Å². The molecule has 5 heteroatoms. The Balaban J connectivity index is 1.69. The highest BCUT2D eigenvalue weighted by atomic mass is 32.2. The number of esters is 1. The molecule has 0 saturated heterocycles. The Kier molecular flexibility index (Phi) is 8.22. The quantitative estimate of drug-likeness (QED) is 0.303. The van der Waals surface area contributed by atoms with E-state index in [-0.39, 0.29) is 17.1 Å². The van der Waals surface area contributed by atoms with Gasteiger partial charge in [0.25, 0.3) is 0 Å². The Labute approximate surface area is 218 Å². The molecule has 3 aromatic rings. The van der Waals surface area contributed by atoms with Gasteiger partial charge in [-0.25, -0.2) is 4.79 Å². The van der Waals surface area contributed by atoms with Crippen molar-refractivity contribution in [1.82, 2.24) is 0 Å². The third-order valence-electron chi connectivity index (χ3n) is 6.90. The molecule has 0 aliphatic carbocycles. The molecule has 2 N–H and O–H groups in total. The number of thioether (sulfide) groups is 1. The average Bonchev–Trinajstić information content (AvgIpc) is 2.90. The Bertz CT molecular complexity index is 1230. The van der Waals surface area contributed by atoms with Crippen LogP contribution in [0.25, 0.3) is 0 Å². The second-order valence-corrected chi connectivity index (χ2v) is 10.4. The third-order valence-corrected chi connectivity index (χ3v) is 8.08. The van der Waals surface area contributed by atoms with E-state index in [0.29, 0.717) is 12.8 Å². The number of carbonyl (C=O) groups is 1. The van der Waals surface area contributed by atoms with Crippen LogP contribution in [0, 0.1) is 0 Å². The van der Waals surface area contributed by atoms with Crippen LogP contribution >= 0.6 is 11.8 Å². The first-order valence-electron chi connectivity index (χ1n) is 12.6. The van der Waals surface area contributed by atoms with Crippen LogP contribution in [0.15, 0.2) is 88.4 Å². The monoisotopic (exact) mass is 502 g/mol. The molecular formula is C31H34O4S. The van der Waals surface area contributed by atoms with E-state index in [4.69, 9.17) is 4.74 Å². The molecule has 1 aliphatic heterocycles. The second-order valence-electron chi connectivity index (χ2n) is 9.33. The number of aliphatic hydroxyl groups excluding tert-OH is 2. The van der Waals surface area contributed by atoms with Crippen molar-refractivity contribution in [3.63, 3.8) is 0 Å². The molecule has 0 saturated carbocycles. The van der Waals surface area contributed by atoms with Crippen molar-refractivity contribution < 1.29 is 19.7 Å². The maximum absolute atomic E-state index is 13.4. The maximum atomic E-state index is 13.4. The normalized spacial score (nSPS) is 18.7. The van der Waals surface area contributed by atoms with Crippen LogP contribution in [0.4, 0.5) is 0 Å². The average molecular weight is 503 g/mol. The summed E-state index contributed by atoms with van der Waals surface area (Å²) >= 11 is 1.19. The molecule has 0 radical (unpaired) electrons. The molecule has 0 aromatic heterocycles. The molecule has 4 rings (SSSR count). The molecule has 3 aromatic carbocycles. The topological polar surface area (TPSA) is 66.8 Å². The van der Waals surface area contributed by atoms with Crippen LogP contribution < -0.4 is 0 Å². The van der Waals surface area contributed by atoms with Crippen LogP contribution in [0.2, 0.25) is 0 Å². The van der Waals surface area contributed by atoms with Gasteiger partial charge < -0.3 is 14.9 Å². The fourth-order valence-electron chi connectivity index (χ4n) is 4.88. The van der Waals surface area contributed by atoms with Gasteiger partial charge in [-0.1, -0.05) is 92.3 Å². The van der Waals surface area contributed by atoms with Crippen LogP contribution in [-0.2, 0) is 34.4 Å². The van der Waals surface area contributed by atoms with Crippen molar-refractivity contribution >= 4 is 17.7 Å². The van der Waals surface area contributed by atoms with Crippen molar-refractivity contribution in [3.05, 3.63) is 111 Å². The van der Waals surface area contributed by atoms with Gasteiger partial charge in [-0.15, -0.1) is 0 Å². The fourth-order valence-corrected chi connectivity index (χ4v) is 5.96. The molecule has 4 nitrogen and oxygen atoms in total. The van der Waals surface area contributed by atoms with Gasteiger partial charge in [-0.3, -0.25) is 0 Å². The third kappa shape index (κ3) is 5.53. The standard InChI is InChI=1S/C31H34O4S/c1-4-23-18-26(21(3)32)28(19-24(23)5-2)36-29-27(33)20-31(35-30(29)34,25-14-10-7-11-15-25)17-16-22-12-8-6-9-13-22/h6-15,18-19,21,32-33H,4-5,16-17,20H2,1-3H3. The molecule has 0 bridgehead atoms. The minimum atomic E-state index is -0.948. The molecule has 36 heavy (non-hydrogen) atoms. The lowest BCUT2D eigenvalue weighted by Gasteiger charge is -2.37. The Morgan fingerprint density at radius 3 is 2.17 bits per heavy atom. The highest BCUT2D eigenvalue weighted by Crippen LogP contribution is 2.46. The van der Waals surface area contributed by atoms with E-state index >= 15 is 0 Å². The number of carbonyl (C=O) groups excluding carboxylic acids is 1. The number of hydrogen-bond donors (Lipinski definition) is 2. The largest absolute Gasteiger partial charge is 0.511 e. The summed E-state index contributed by atoms with van der Waals surface area (Å²) in [5, 5.41) is 21.7. The van der Waals surface area contributed by atoms with Gasteiger partial charge in [0, 0.05) is 4.90 Å². The molecule has 188 valence electrons. The summed E-state index contributed by atoms with van der Waals surface area (Å²) in [7, 11) is 0. The van der Waals surface area contributed by atoms with Gasteiger partial charge in [0.1, 0.15) is 16.3 Å². The van der Waals surface area contributed by atoms with Crippen molar-refractivity contribution in [2.45, 2.75) is 69.5 Å². The lowest BCUT2D eigenvalue weighted by atomic mass is 9.82. The van der Waals surface area contributed by atoms with Crippen molar-refractivity contribution in [2.75, 3.05) is 0 Å². The Morgan fingerprint density at radius 1 is 0.972 bits per heavy atom. The van der Waals surface area contributed by atoms with Crippen molar-refractivity contribution in [2.24, 2.45) is 0 Å². The summed E-state index contributed by atoms with van der Waals surface area (Å²) < 4.78 is 6.20. The molecule has 2 atom stereocenters. The van der Waals surface area contributed by atoms with Gasteiger partial charge in [0.2, 0.25) is 0 Å². The van der Waals surface area contributed by atoms with E-state index in [9.17, 15) is 15.0 Å². The number of cyclic esters (lactones) is 1. The summed E-state index contributed by atoms with van der Waals surface area (Å²) in [5.74, 6) is -0.503. The zero-order chi connectivity index (χ0) is 25.7. The molecule has 2 unspecified atom stereocenters. The first-order chi connectivity index (χ1) is 17.4. The number of ether oxygens (including phenoxy) is 1. The molecule has 1 heterocycles. The summed E-state index contributed by atoms with van der Waals surface area (Å²) in [6.45, 7) is 5.91. The Morgan fingerprint density at radius 2 is 1.58 bits per heavy atom. The smallest absolute Gasteiger partial charge is 0.349 e. The molecule has 0 amide bonds. The number of rotatable bonds is 9. The minimum Gasteiger partial charge on any atom is -0.511 e. The van der Waals surface area contributed by atoms with Crippen LogP contribution in [0.5, 0.6) is 0 Å². The molecular weight excluding hydrogens is 468 g/mol. The predicted molar refractivity (Wildman–Crippen MR) is 145 cm³/mol. The SMILES string of the molecule is CCc1cc(SC2=C(O)CC(CCc3ccccc3)(c3ccccc3)OC2=O)c(C(C)O)cc1CC. The highest BCUT2D eigenvalue weighted by molar-refractivity contribution is 8.04. The second kappa shape index (κ2) is 11.4. The van der Waals surface area contributed by atoms with Crippen LogP contribution in [-0.4, -0.2) is 16.2 Å². The number of aryl methyl sites for hydroxylation is 3. The summed E-state index contributed by atoms with van der Waals surface area (Å²) in [4.78, 5) is 14.4. The van der Waals surface area contributed by atoms with E-state index in [1.54, 1.807) is 6.92 Å². The fraction of sp³-hybridized carbons (Fsp3) is 0.323. The zero-order valence-electron chi connectivity index (χ0n) is 21.2. The first-order valence-corrected chi connectivity index (χ1v) is 13.4. The van der Waals surface area contributed by atoms with E-state index in [2.05, 4.69) is 26.0 Å². The van der Waals surface area contributed by atoms with Crippen LogP contribution in [0.1, 0.15) is 67.5 Å². The first kappa shape index (κ1) is 26.1. The van der Waals surface area contributed by atoms with E-state index < -0.39 is 17.7 Å².